The summed E-state index contributed by atoms with van der Waals surface area (Å²) < 4.78 is 0. The zero-order chi connectivity index (χ0) is 56.0. The number of carboxylic acid groups (broad SMARTS) is 2. The predicted molar refractivity (Wildman–Crippen MR) is 268 cm³/mol. The molecule has 74 heavy (non-hydrogen) atoms. The summed E-state index contributed by atoms with van der Waals surface area (Å²) in [5.41, 5.74) is 11.8. The standard InChI is InChI=1S/C46H75N13O14S/c1-22(2)13-27(47)39(65)54-29(14-23(3)4)41(67)55-30(15-24(5)6)42(68)56-31(16-26-18-49-21-51-26)40(66)50-19-36(61)52-25(7)38(64)53-28(10-11-37(62)63)45(71)59-12-8-9-34(59)44(70)57-32(17-35(48)60)43(69)58-33(20-74)46(72)73/h18,21-25,27-34,74H,8-17,19-20,47H2,1-7H3,(H2,48,60)(H,49,51)(H,50,66)(H,52,61)(H,53,64)(H,54,65)(H,55,67)(H,56,68)(H,57,70)(H,58,69)(H,62,63)(H,72,73)/t25-,27-,28-,29-,30-,31-,32-,33-,34-/m0/s1. The fourth-order valence-electron chi connectivity index (χ4n) is 7.78. The Morgan fingerprint density at radius 1 is 0.703 bits per heavy atom. The largest absolute Gasteiger partial charge is 0.481 e. The van der Waals surface area contributed by atoms with Crippen molar-refractivity contribution < 1.29 is 67.7 Å². The molecule has 2 heterocycles. The maximum Gasteiger partial charge on any atom is 0.327 e. The van der Waals surface area contributed by atoms with Gasteiger partial charge in [-0.1, -0.05) is 41.5 Å². The molecule has 1 fully saturated rings. The maximum absolute atomic E-state index is 13.9. The van der Waals surface area contributed by atoms with E-state index in [2.05, 4.69) is 65.1 Å². The third-order valence-corrected chi connectivity index (χ3v) is 11.8. The Balaban J connectivity index is 2.20. The highest BCUT2D eigenvalue weighted by Crippen LogP contribution is 2.21. The van der Waals surface area contributed by atoms with Gasteiger partial charge in [0, 0.05) is 37.0 Å². The molecule has 10 amide bonds. The number of thiol groups is 1. The summed E-state index contributed by atoms with van der Waals surface area (Å²) in [6.45, 7) is 11.7. The third kappa shape index (κ3) is 22.1. The van der Waals surface area contributed by atoms with Crippen molar-refractivity contribution in [3.05, 3.63) is 18.2 Å². The first-order chi connectivity index (χ1) is 34.6. The van der Waals surface area contributed by atoms with Crippen molar-refractivity contribution in [2.45, 2.75) is 161 Å². The summed E-state index contributed by atoms with van der Waals surface area (Å²) >= 11 is 3.88. The topological polar surface area (TPSA) is 425 Å². The summed E-state index contributed by atoms with van der Waals surface area (Å²) in [7, 11) is 0. The molecule has 15 N–H and O–H groups in total. The molecule has 0 bridgehead atoms. The first-order valence-corrected chi connectivity index (χ1v) is 25.0. The number of hydrogen-bond acceptors (Lipinski definition) is 15. The number of aromatic amines is 1. The minimum absolute atomic E-state index is 0.0359. The van der Waals surface area contributed by atoms with Crippen LogP contribution < -0.4 is 54.0 Å². The molecule has 0 saturated carbocycles. The van der Waals surface area contributed by atoms with Gasteiger partial charge in [-0.3, -0.25) is 52.7 Å². The summed E-state index contributed by atoms with van der Waals surface area (Å²) in [6.07, 6.45) is 1.88. The number of carbonyl (C=O) groups excluding carboxylic acids is 10. The summed E-state index contributed by atoms with van der Waals surface area (Å²) in [5, 5.41) is 38.5. The lowest BCUT2D eigenvalue weighted by Gasteiger charge is -2.30. The molecule has 2 rings (SSSR count). The highest BCUT2D eigenvalue weighted by atomic mass is 32.1. The van der Waals surface area contributed by atoms with E-state index in [-0.39, 0.29) is 62.2 Å². The molecular formula is C46H75N13O14S. The van der Waals surface area contributed by atoms with Gasteiger partial charge < -0.3 is 74.1 Å². The van der Waals surface area contributed by atoms with Gasteiger partial charge in [0.05, 0.1) is 25.3 Å². The van der Waals surface area contributed by atoms with Crippen molar-refractivity contribution in [2.24, 2.45) is 29.2 Å². The molecule has 414 valence electrons. The molecule has 1 aromatic rings. The van der Waals surface area contributed by atoms with Crippen LogP contribution in [0.3, 0.4) is 0 Å². The minimum Gasteiger partial charge on any atom is -0.481 e. The average molecular weight is 1070 g/mol. The van der Waals surface area contributed by atoms with Crippen molar-refractivity contribution in [1.82, 2.24) is 57.4 Å². The van der Waals surface area contributed by atoms with Gasteiger partial charge in [-0.15, -0.1) is 0 Å². The van der Waals surface area contributed by atoms with Crippen LogP contribution in [0.4, 0.5) is 0 Å². The fourth-order valence-corrected chi connectivity index (χ4v) is 8.03. The predicted octanol–water partition coefficient (Wildman–Crippen LogP) is -3.31. The smallest absolute Gasteiger partial charge is 0.327 e. The van der Waals surface area contributed by atoms with Gasteiger partial charge in [-0.25, -0.2) is 9.78 Å². The summed E-state index contributed by atoms with van der Waals surface area (Å²) in [5.74, 6) is -11.6. The molecule has 0 spiro atoms. The Hall–Kier alpha value is -6.84. The normalized spacial score (nSPS) is 16.5. The van der Waals surface area contributed by atoms with Crippen molar-refractivity contribution in [3.8, 4) is 0 Å². The molecular weight excluding hydrogens is 991 g/mol. The SMILES string of the molecule is CC(C)C[C@H](NC(=O)[C@H](CC(C)C)NC(=O)[C@@H](N)CC(C)C)C(=O)N[C@@H](Cc1cnc[nH]1)C(=O)NCC(=O)N[C@@H](C)C(=O)N[C@@H](CCC(=O)O)C(=O)N1CCC[C@H]1C(=O)N[C@@H](CC(N)=O)C(=O)N[C@@H](CS)C(=O)O. The van der Waals surface area contributed by atoms with Crippen molar-refractivity contribution >= 4 is 83.6 Å². The van der Waals surface area contributed by atoms with E-state index in [1.54, 1.807) is 0 Å². The van der Waals surface area contributed by atoms with Crippen LogP contribution in [0.25, 0.3) is 0 Å². The zero-order valence-electron chi connectivity index (χ0n) is 42.9. The van der Waals surface area contributed by atoms with Crippen LogP contribution in [0.2, 0.25) is 0 Å². The second-order valence-corrected chi connectivity index (χ2v) is 19.8. The average Bonchev–Trinajstić information content (AvgIpc) is 4.02. The van der Waals surface area contributed by atoms with E-state index < -0.39 is 151 Å². The maximum atomic E-state index is 13.9. The lowest BCUT2D eigenvalue weighted by molar-refractivity contribution is -0.144. The van der Waals surface area contributed by atoms with Crippen LogP contribution in [0.1, 0.15) is 106 Å². The second kappa shape index (κ2) is 31.0. The number of amides is 10. The summed E-state index contributed by atoms with van der Waals surface area (Å²) in [6, 6.07) is -11.7. The van der Waals surface area contributed by atoms with Gasteiger partial charge in [0.1, 0.15) is 48.3 Å². The Morgan fingerprint density at radius 3 is 1.76 bits per heavy atom. The lowest BCUT2D eigenvalue weighted by atomic mass is 9.98. The van der Waals surface area contributed by atoms with Crippen LogP contribution in [-0.2, 0) is 64.0 Å². The lowest BCUT2D eigenvalue weighted by Crippen LogP contribution is -2.59. The molecule has 1 aromatic heterocycles. The van der Waals surface area contributed by atoms with E-state index in [0.29, 0.717) is 12.1 Å². The molecule has 9 atom stereocenters. The molecule has 1 aliphatic rings. The van der Waals surface area contributed by atoms with Crippen LogP contribution in [0.15, 0.2) is 12.5 Å². The number of H-pyrrole nitrogens is 1. The number of hydrogen-bond donors (Lipinski definition) is 14. The third-order valence-electron chi connectivity index (χ3n) is 11.5. The number of primary amides is 1. The number of likely N-dealkylation sites (tertiary alicyclic amines) is 1. The molecule has 1 aliphatic heterocycles. The highest BCUT2D eigenvalue weighted by Gasteiger charge is 2.40. The Labute approximate surface area is 434 Å². The monoisotopic (exact) mass is 1070 g/mol. The van der Waals surface area contributed by atoms with E-state index in [9.17, 15) is 67.7 Å². The van der Waals surface area contributed by atoms with Crippen molar-refractivity contribution in [3.63, 3.8) is 0 Å². The molecule has 0 unspecified atom stereocenters. The van der Waals surface area contributed by atoms with E-state index in [0.717, 1.165) is 4.90 Å². The highest BCUT2D eigenvalue weighted by molar-refractivity contribution is 7.80. The number of nitrogens with zero attached hydrogens (tertiary/aromatic N) is 2. The number of aromatic nitrogens is 2. The number of carboxylic acids is 2. The van der Waals surface area contributed by atoms with Crippen LogP contribution in [-0.4, -0.2) is 169 Å². The number of nitrogens with one attached hydrogen (secondary N) is 9. The molecule has 27 nitrogen and oxygen atoms in total. The van der Waals surface area contributed by atoms with Gasteiger partial charge in [0.25, 0.3) is 0 Å². The summed E-state index contributed by atoms with van der Waals surface area (Å²) in [4.78, 5) is 164. The van der Waals surface area contributed by atoms with Crippen LogP contribution in [0, 0.1) is 17.8 Å². The number of carbonyl (C=O) groups is 12. The van der Waals surface area contributed by atoms with E-state index in [1.807, 2.05) is 41.5 Å². The van der Waals surface area contributed by atoms with Crippen LogP contribution >= 0.6 is 12.6 Å². The van der Waals surface area contributed by atoms with Crippen molar-refractivity contribution in [1.29, 1.82) is 0 Å². The number of imidazole rings is 1. The first-order valence-electron chi connectivity index (χ1n) is 24.4. The van der Waals surface area contributed by atoms with Crippen molar-refractivity contribution in [2.75, 3.05) is 18.8 Å². The first kappa shape index (κ1) is 63.3. The molecule has 28 heteroatoms. The number of nitrogens with two attached hydrogens (primary N) is 2. The molecule has 1 saturated heterocycles. The zero-order valence-corrected chi connectivity index (χ0v) is 43.8. The van der Waals surface area contributed by atoms with Crippen LogP contribution in [0.5, 0.6) is 0 Å². The van der Waals surface area contributed by atoms with Gasteiger partial charge in [0.15, 0.2) is 0 Å². The van der Waals surface area contributed by atoms with Gasteiger partial charge in [-0.2, -0.15) is 12.6 Å². The Kier molecular flexibility index (Phi) is 26.5. The second-order valence-electron chi connectivity index (χ2n) is 19.5. The van der Waals surface area contributed by atoms with Gasteiger partial charge >= 0.3 is 11.9 Å². The van der Waals surface area contributed by atoms with E-state index in [4.69, 9.17) is 11.5 Å². The Morgan fingerprint density at radius 2 is 1.24 bits per heavy atom. The van der Waals surface area contributed by atoms with Gasteiger partial charge in [0.2, 0.25) is 59.1 Å². The minimum atomic E-state index is -1.64. The quantitative estimate of drug-likeness (QED) is 0.0314. The molecule has 0 aromatic carbocycles. The number of aliphatic carboxylic acids is 2. The fraction of sp³-hybridized carbons (Fsp3) is 0.674. The molecule has 0 radical (unpaired) electrons. The van der Waals surface area contributed by atoms with Gasteiger partial charge in [-0.05, 0) is 63.2 Å². The van der Waals surface area contributed by atoms with E-state index >= 15 is 0 Å². The number of rotatable bonds is 32. The Bertz CT molecular complexity index is 2140. The molecule has 0 aliphatic carbocycles. The van der Waals surface area contributed by atoms with E-state index in [1.165, 1.54) is 19.4 Å².